The van der Waals surface area contributed by atoms with E-state index in [9.17, 15) is 0 Å². The minimum Gasteiger partial charge on any atom is -0.396 e. The number of hydrogen-bond acceptors (Lipinski definition) is 6. The van der Waals surface area contributed by atoms with E-state index in [0.717, 1.165) is 43.1 Å². The Hall–Kier alpha value is -1.47. The maximum atomic E-state index is 9.12. The van der Waals surface area contributed by atoms with Crippen LogP contribution in [-0.4, -0.2) is 39.9 Å². The van der Waals surface area contributed by atoms with Crippen molar-refractivity contribution < 1.29 is 14.4 Å². The molecule has 1 aliphatic heterocycles. The van der Waals surface area contributed by atoms with Crippen LogP contribution in [0.4, 0.5) is 0 Å². The molecule has 1 unspecified atom stereocenters. The molecule has 1 aromatic heterocycles. The van der Waals surface area contributed by atoms with Crippen molar-refractivity contribution in [3.8, 4) is 0 Å². The lowest BCUT2D eigenvalue weighted by Crippen LogP contribution is -2.25. The van der Waals surface area contributed by atoms with Crippen molar-refractivity contribution in [1.82, 2.24) is 15.0 Å². The summed E-state index contributed by atoms with van der Waals surface area (Å²) in [5.41, 5.74) is 1.15. The average molecular weight is 352 g/mol. The predicted molar refractivity (Wildman–Crippen MR) is 89.5 cm³/mol. The quantitative estimate of drug-likeness (QED) is 0.788. The molecule has 0 bridgehead atoms. The molecule has 0 saturated carbocycles. The second-order valence-corrected chi connectivity index (χ2v) is 6.40. The van der Waals surface area contributed by atoms with Gasteiger partial charge in [0, 0.05) is 31.3 Å². The number of ether oxygens (including phenoxy) is 1. The second-order valence-electron chi connectivity index (χ2n) is 5.96. The Kier molecular flexibility index (Phi) is 6.20. The van der Waals surface area contributed by atoms with Gasteiger partial charge in [0.2, 0.25) is 0 Å². The van der Waals surface area contributed by atoms with Crippen molar-refractivity contribution in [2.24, 2.45) is 0 Å². The fourth-order valence-electron chi connectivity index (χ4n) is 2.79. The van der Waals surface area contributed by atoms with E-state index in [-0.39, 0.29) is 12.7 Å². The zero-order valence-corrected chi connectivity index (χ0v) is 14.3. The highest BCUT2D eigenvalue weighted by Gasteiger charge is 2.24. The molecule has 0 radical (unpaired) electrons. The Balaban J connectivity index is 1.63. The first kappa shape index (κ1) is 17.4. The summed E-state index contributed by atoms with van der Waals surface area (Å²) in [6.45, 7) is 2.97. The maximum absolute atomic E-state index is 9.12. The molecule has 1 fully saturated rings. The van der Waals surface area contributed by atoms with Crippen LogP contribution >= 0.6 is 11.6 Å². The molecule has 2 heterocycles. The molecule has 24 heavy (non-hydrogen) atoms. The summed E-state index contributed by atoms with van der Waals surface area (Å²) in [5.74, 6) is 1.21. The van der Waals surface area contributed by atoms with Gasteiger partial charge in [-0.2, -0.15) is 4.98 Å². The van der Waals surface area contributed by atoms with Gasteiger partial charge in [-0.1, -0.05) is 28.9 Å². The van der Waals surface area contributed by atoms with Gasteiger partial charge in [0.15, 0.2) is 5.82 Å². The number of aromatic nitrogens is 2. The molecular weight excluding hydrogens is 330 g/mol. The molecule has 1 atom stereocenters. The Morgan fingerprint density at radius 2 is 2.08 bits per heavy atom. The molecule has 0 spiro atoms. The number of aliphatic hydroxyl groups excluding tert-OH is 1. The third-order valence-corrected chi connectivity index (χ3v) is 4.26. The van der Waals surface area contributed by atoms with E-state index in [0.29, 0.717) is 24.7 Å². The van der Waals surface area contributed by atoms with Crippen molar-refractivity contribution in [1.29, 1.82) is 0 Å². The average Bonchev–Trinajstić information content (AvgIpc) is 3.26. The van der Waals surface area contributed by atoms with Gasteiger partial charge in [0.1, 0.15) is 6.10 Å². The minimum atomic E-state index is -0.0617. The third kappa shape index (κ3) is 4.77. The third-order valence-electron chi connectivity index (χ3n) is 4.01. The lowest BCUT2D eigenvalue weighted by molar-refractivity contribution is 0.0835. The van der Waals surface area contributed by atoms with Gasteiger partial charge in [0.05, 0.1) is 6.54 Å². The standard InChI is InChI=1S/C17H22ClN3O3/c18-14-6-4-13(5-7-14)11-21(8-2-9-22)12-16-19-17(24-20-16)15-3-1-10-23-15/h4-7,15,22H,1-3,8-12H2. The van der Waals surface area contributed by atoms with E-state index < -0.39 is 0 Å². The van der Waals surface area contributed by atoms with Crippen molar-refractivity contribution in [3.63, 3.8) is 0 Å². The molecule has 1 aromatic carbocycles. The Morgan fingerprint density at radius 3 is 2.79 bits per heavy atom. The highest BCUT2D eigenvalue weighted by Crippen LogP contribution is 2.27. The largest absolute Gasteiger partial charge is 0.396 e. The molecule has 7 heteroatoms. The van der Waals surface area contributed by atoms with Gasteiger partial charge in [-0.25, -0.2) is 0 Å². The molecule has 1 aliphatic rings. The zero-order valence-electron chi connectivity index (χ0n) is 13.5. The number of hydrogen-bond donors (Lipinski definition) is 1. The molecule has 2 aromatic rings. The molecule has 1 saturated heterocycles. The van der Waals surface area contributed by atoms with Crippen LogP contribution in [0.2, 0.25) is 5.02 Å². The van der Waals surface area contributed by atoms with Crippen LogP contribution in [0, 0.1) is 0 Å². The first-order chi connectivity index (χ1) is 11.7. The monoisotopic (exact) mass is 351 g/mol. The fraction of sp³-hybridized carbons (Fsp3) is 0.529. The van der Waals surface area contributed by atoms with Crippen molar-refractivity contribution in [2.45, 2.75) is 38.5 Å². The molecule has 1 N–H and O–H groups in total. The van der Waals surface area contributed by atoms with Crippen LogP contribution in [0.15, 0.2) is 28.8 Å². The topological polar surface area (TPSA) is 71.6 Å². The van der Waals surface area contributed by atoms with Crippen LogP contribution in [0.3, 0.4) is 0 Å². The number of halogens is 1. The number of rotatable bonds is 8. The predicted octanol–water partition coefficient (Wildman–Crippen LogP) is 2.96. The first-order valence-corrected chi connectivity index (χ1v) is 8.64. The summed E-state index contributed by atoms with van der Waals surface area (Å²) < 4.78 is 10.9. The number of nitrogens with zero attached hydrogens (tertiary/aromatic N) is 3. The van der Waals surface area contributed by atoms with Gasteiger partial charge in [-0.05, 0) is 37.0 Å². The highest BCUT2D eigenvalue weighted by atomic mass is 35.5. The molecule has 130 valence electrons. The summed E-state index contributed by atoms with van der Waals surface area (Å²) >= 11 is 5.94. The summed E-state index contributed by atoms with van der Waals surface area (Å²) in [6, 6.07) is 7.76. The molecule has 0 aliphatic carbocycles. The molecule has 0 amide bonds. The van der Waals surface area contributed by atoms with Crippen LogP contribution < -0.4 is 0 Å². The van der Waals surface area contributed by atoms with Gasteiger partial charge in [0.25, 0.3) is 5.89 Å². The van der Waals surface area contributed by atoms with E-state index in [1.165, 1.54) is 0 Å². The Labute approximate surface area is 146 Å². The van der Waals surface area contributed by atoms with Crippen LogP contribution in [0.1, 0.15) is 42.6 Å². The smallest absolute Gasteiger partial charge is 0.255 e. The molecule has 3 rings (SSSR count). The summed E-state index contributed by atoms with van der Waals surface area (Å²) in [6.07, 6.45) is 2.60. The lowest BCUT2D eigenvalue weighted by Gasteiger charge is -2.20. The van der Waals surface area contributed by atoms with Crippen LogP contribution in [0.5, 0.6) is 0 Å². The van der Waals surface area contributed by atoms with Crippen molar-refractivity contribution >= 4 is 11.6 Å². The number of aliphatic hydroxyl groups is 1. The minimum absolute atomic E-state index is 0.0617. The summed E-state index contributed by atoms with van der Waals surface area (Å²) in [5, 5.41) is 13.9. The van der Waals surface area contributed by atoms with Crippen molar-refractivity contribution in [3.05, 3.63) is 46.6 Å². The highest BCUT2D eigenvalue weighted by molar-refractivity contribution is 6.30. The van der Waals surface area contributed by atoms with Crippen LogP contribution in [-0.2, 0) is 17.8 Å². The van der Waals surface area contributed by atoms with E-state index in [1.54, 1.807) is 0 Å². The van der Waals surface area contributed by atoms with Crippen LogP contribution in [0.25, 0.3) is 0 Å². The van der Waals surface area contributed by atoms with E-state index in [1.807, 2.05) is 24.3 Å². The van der Waals surface area contributed by atoms with Gasteiger partial charge >= 0.3 is 0 Å². The Bertz CT molecular complexity index is 626. The lowest BCUT2D eigenvalue weighted by atomic mass is 10.2. The van der Waals surface area contributed by atoms with Gasteiger partial charge < -0.3 is 14.4 Å². The second kappa shape index (κ2) is 8.58. The SMILES string of the molecule is OCCCN(Cc1ccc(Cl)cc1)Cc1noc(C2CCCO2)n1. The number of benzene rings is 1. The molecule has 6 nitrogen and oxygen atoms in total. The summed E-state index contributed by atoms with van der Waals surface area (Å²) in [4.78, 5) is 6.65. The van der Waals surface area contributed by atoms with E-state index >= 15 is 0 Å². The van der Waals surface area contributed by atoms with E-state index in [4.69, 9.17) is 26.0 Å². The van der Waals surface area contributed by atoms with E-state index in [2.05, 4.69) is 15.0 Å². The fourth-order valence-corrected chi connectivity index (χ4v) is 2.92. The van der Waals surface area contributed by atoms with Gasteiger partial charge in [-0.3, -0.25) is 4.90 Å². The first-order valence-electron chi connectivity index (χ1n) is 8.26. The zero-order chi connectivity index (χ0) is 16.8. The molecular formula is C17H22ClN3O3. The normalized spacial score (nSPS) is 17.7. The van der Waals surface area contributed by atoms with Gasteiger partial charge in [-0.15, -0.1) is 0 Å². The van der Waals surface area contributed by atoms with Crippen molar-refractivity contribution in [2.75, 3.05) is 19.8 Å². The summed E-state index contributed by atoms with van der Waals surface area (Å²) in [7, 11) is 0. The maximum Gasteiger partial charge on any atom is 0.255 e. The Morgan fingerprint density at radius 1 is 1.25 bits per heavy atom.